The molecule has 0 saturated heterocycles. The number of carbonyl (C=O) groups excluding carboxylic acids is 1. The Balaban J connectivity index is 2.02. The Hall–Kier alpha value is -1.44. The molecular weight excluding hydrogens is 333 g/mol. The first kappa shape index (κ1) is 15.9. The first-order valence-electron chi connectivity index (χ1n) is 5.99. The number of anilines is 1. The number of halogens is 2. The van der Waals surface area contributed by atoms with E-state index in [0.717, 1.165) is 10.1 Å². The van der Waals surface area contributed by atoms with Crippen LogP contribution in [0.25, 0.3) is 6.08 Å². The third kappa shape index (κ3) is 4.52. The fourth-order valence-corrected chi connectivity index (χ4v) is 3.30. The molecule has 0 radical (unpaired) electrons. The number of amides is 1. The molecule has 2 aromatic rings. The van der Waals surface area contributed by atoms with Crippen LogP contribution in [0.15, 0.2) is 28.6 Å². The van der Waals surface area contributed by atoms with Crippen LogP contribution in [0.5, 0.6) is 0 Å². The van der Waals surface area contributed by atoms with E-state index in [-0.39, 0.29) is 10.6 Å². The number of hydrogen-bond donors (Lipinski definition) is 1. The van der Waals surface area contributed by atoms with Gasteiger partial charge in [-0.2, -0.15) is 0 Å². The topological polar surface area (TPSA) is 54.9 Å². The van der Waals surface area contributed by atoms with Crippen molar-refractivity contribution in [1.82, 2.24) is 10.2 Å². The number of hydrogen-bond acceptors (Lipinski definition) is 5. The number of aromatic nitrogens is 2. The van der Waals surface area contributed by atoms with E-state index in [1.165, 1.54) is 35.6 Å². The van der Waals surface area contributed by atoms with Crippen LogP contribution in [0.4, 0.5) is 9.52 Å². The Labute approximate surface area is 134 Å². The number of thioether (sulfide) groups is 1. The number of nitrogens with zero attached hydrogens (tertiary/aromatic N) is 2. The van der Waals surface area contributed by atoms with E-state index in [9.17, 15) is 9.18 Å². The maximum atomic E-state index is 13.5. The van der Waals surface area contributed by atoms with Crippen molar-refractivity contribution >= 4 is 51.8 Å². The predicted octanol–water partition coefficient (Wildman–Crippen LogP) is 4.09. The van der Waals surface area contributed by atoms with Gasteiger partial charge in [-0.15, -0.1) is 10.2 Å². The van der Waals surface area contributed by atoms with E-state index in [1.807, 2.05) is 6.92 Å². The summed E-state index contributed by atoms with van der Waals surface area (Å²) in [6.07, 6.45) is 2.54. The second-order valence-corrected chi connectivity index (χ2v) is 6.66. The van der Waals surface area contributed by atoms with Crippen LogP contribution in [0.3, 0.4) is 0 Å². The molecule has 0 unspecified atom stereocenters. The van der Waals surface area contributed by atoms with Gasteiger partial charge >= 0.3 is 0 Å². The van der Waals surface area contributed by atoms with Gasteiger partial charge in [-0.1, -0.05) is 47.7 Å². The number of benzene rings is 1. The molecule has 1 aromatic carbocycles. The highest BCUT2D eigenvalue weighted by atomic mass is 35.5. The highest BCUT2D eigenvalue weighted by molar-refractivity contribution is 8.01. The summed E-state index contributed by atoms with van der Waals surface area (Å²) in [7, 11) is 0. The summed E-state index contributed by atoms with van der Waals surface area (Å²) in [5.41, 5.74) is 0.175. The van der Waals surface area contributed by atoms with Crippen LogP contribution >= 0.6 is 34.7 Å². The van der Waals surface area contributed by atoms with E-state index >= 15 is 0 Å². The Kier molecular flexibility index (Phi) is 5.72. The van der Waals surface area contributed by atoms with Crippen molar-refractivity contribution in [2.45, 2.75) is 11.3 Å². The molecule has 0 aliphatic heterocycles. The van der Waals surface area contributed by atoms with Crippen molar-refractivity contribution < 1.29 is 9.18 Å². The normalized spacial score (nSPS) is 11.0. The molecule has 1 amide bonds. The van der Waals surface area contributed by atoms with Gasteiger partial charge in [0, 0.05) is 11.6 Å². The predicted molar refractivity (Wildman–Crippen MR) is 85.4 cm³/mol. The number of nitrogens with one attached hydrogen (secondary N) is 1. The third-order valence-electron chi connectivity index (χ3n) is 2.31. The molecular formula is C13H11ClFN3OS2. The van der Waals surface area contributed by atoms with Crippen molar-refractivity contribution in [2.75, 3.05) is 11.1 Å². The van der Waals surface area contributed by atoms with Gasteiger partial charge in [0.2, 0.25) is 11.0 Å². The number of rotatable bonds is 5. The molecule has 0 bridgehead atoms. The van der Waals surface area contributed by atoms with Crippen LogP contribution in [-0.2, 0) is 4.79 Å². The molecule has 8 heteroatoms. The lowest BCUT2D eigenvalue weighted by Crippen LogP contribution is -2.07. The molecule has 21 heavy (non-hydrogen) atoms. The molecule has 0 fully saturated rings. The summed E-state index contributed by atoms with van der Waals surface area (Å²) in [6.45, 7) is 2.01. The average molecular weight is 344 g/mol. The van der Waals surface area contributed by atoms with Crippen molar-refractivity contribution in [2.24, 2.45) is 0 Å². The largest absolute Gasteiger partial charge is 0.297 e. The second kappa shape index (κ2) is 7.53. The molecule has 2 rings (SSSR count). The highest BCUT2D eigenvalue weighted by Gasteiger charge is 2.07. The summed E-state index contributed by atoms with van der Waals surface area (Å²) in [4.78, 5) is 11.7. The monoisotopic (exact) mass is 343 g/mol. The molecule has 0 aliphatic carbocycles. The van der Waals surface area contributed by atoms with Gasteiger partial charge < -0.3 is 0 Å². The van der Waals surface area contributed by atoms with Crippen molar-refractivity contribution in [3.8, 4) is 0 Å². The Morgan fingerprint density at radius 3 is 3.05 bits per heavy atom. The Bertz CT molecular complexity index is 655. The zero-order chi connectivity index (χ0) is 15.2. The van der Waals surface area contributed by atoms with Gasteiger partial charge in [0.25, 0.3) is 0 Å². The Morgan fingerprint density at radius 1 is 1.52 bits per heavy atom. The SMILES string of the molecule is CCSc1nnc(NC(=O)C=Cc2c(F)cccc2Cl)s1. The summed E-state index contributed by atoms with van der Waals surface area (Å²) in [6, 6.07) is 4.34. The van der Waals surface area contributed by atoms with Gasteiger partial charge in [0.15, 0.2) is 4.34 Å². The molecule has 0 atom stereocenters. The van der Waals surface area contributed by atoms with Crippen LogP contribution in [0, 0.1) is 5.82 Å². The molecule has 1 heterocycles. The molecule has 0 spiro atoms. The minimum Gasteiger partial charge on any atom is -0.297 e. The zero-order valence-corrected chi connectivity index (χ0v) is 13.4. The smallest absolute Gasteiger partial charge is 0.250 e. The summed E-state index contributed by atoms with van der Waals surface area (Å²) in [5, 5.41) is 11.0. The molecule has 0 saturated carbocycles. The van der Waals surface area contributed by atoms with Gasteiger partial charge in [-0.05, 0) is 24.0 Å². The fourth-order valence-electron chi connectivity index (χ4n) is 1.42. The van der Waals surface area contributed by atoms with Crippen molar-refractivity contribution in [3.05, 3.63) is 40.7 Å². The maximum Gasteiger partial charge on any atom is 0.250 e. The van der Waals surface area contributed by atoms with Crippen LogP contribution in [0.2, 0.25) is 5.02 Å². The molecule has 1 N–H and O–H groups in total. The first-order valence-corrected chi connectivity index (χ1v) is 8.17. The van der Waals surface area contributed by atoms with E-state index < -0.39 is 11.7 Å². The van der Waals surface area contributed by atoms with E-state index in [4.69, 9.17) is 11.6 Å². The molecule has 110 valence electrons. The summed E-state index contributed by atoms with van der Waals surface area (Å²) < 4.78 is 14.3. The van der Waals surface area contributed by atoms with Crippen molar-refractivity contribution in [3.63, 3.8) is 0 Å². The van der Waals surface area contributed by atoms with Crippen molar-refractivity contribution in [1.29, 1.82) is 0 Å². The average Bonchev–Trinajstić information content (AvgIpc) is 2.86. The lowest BCUT2D eigenvalue weighted by atomic mass is 10.2. The van der Waals surface area contributed by atoms with Crippen LogP contribution < -0.4 is 5.32 Å². The van der Waals surface area contributed by atoms with Gasteiger partial charge in [0.1, 0.15) is 5.82 Å². The summed E-state index contributed by atoms with van der Waals surface area (Å²) >= 11 is 8.70. The van der Waals surface area contributed by atoms with Crippen LogP contribution in [-0.4, -0.2) is 21.9 Å². The first-order chi connectivity index (χ1) is 10.1. The summed E-state index contributed by atoms with van der Waals surface area (Å²) in [5.74, 6) is -0.0172. The van der Waals surface area contributed by atoms with E-state index in [0.29, 0.717) is 5.13 Å². The third-order valence-corrected chi connectivity index (χ3v) is 4.49. The molecule has 1 aromatic heterocycles. The molecule has 4 nitrogen and oxygen atoms in total. The Morgan fingerprint density at radius 2 is 2.33 bits per heavy atom. The van der Waals surface area contributed by atoms with Gasteiger partial charge in [-0.3, -0.25) is 10.1 Å². The lowest BCUT2D eigenvalue weighted by Gasteiger charge is -1.99. The highest BCUT2D eigenvalue weighted by Crippen LogP contribution is 2.25. The van der Waals surface area contributed by atoms with Crippen LogP contribution in [0.1, 0.15) is 12.5 Å². The van der Waals surface area contributed by atoms with E-state index in [2.05, 4.69) is 15.5 Å². The lowest BCUT2D eigenvalue weighted by molar-refractivity contribution is -0.111. The van der Waals surface area contributed by atoms with E-state index in [1.54, 1.807) is 17.8 Å². The minimum atomic E-state index is -0.482. The van der Waals surface area contributed by atoms with Gasteiger partial charge in [0.05, 0.1) is 5.02 Å². The molecule has 0 aliphatic rings. The standard InChI is InChI=1S/C13H11ClFN3OS2/c1-2-20-13-18-17-12(21-13)16-11(19)7-6-8-9(14)4-3-5-10(8)15/h3-7H,2H2,1H3,(H,16,17,19). The second-order valence-electron chi connectivity index (χ2n) is 3.76. The maximum absolute atomic E-state index is 13.5. The quantitative estimate of drug-likeness (QED) is 0.504. The van der Waals surface area contributed by atoms with Gasteiger partial charge in [-0.25, -0.2) is 4.39 Å². The number of carbonyl (C=O) groups is 1. The minimum absolute atomic E-state index is 0.175. The zero-order valence-electron chi connectivity index (χ0n) is 11.0. The fraction of sp³-hybridized carbons (Fsp3) is 0.154.